The third kappa shape index (κ3) is 9.93. The summed E-state index contributed by atoms with van der Waals surface area (Å²) >= 11 is 12.0. The quantitative estimate of drug-likeness (QED) is 0.213. The highest BCUT2D eigenvalue weighted by molar-refractivity contribution is 7.74. The third-order valence-electron chi connectivity index (χ3n) is 6.24. The molecule has 0 spiro atoms. The van der Waals surface area contributed by atoms with Gasteiger partial charge in [0.1, 0.15) is 25.3 Å². The van der Waals surface area contributed by atoms with Crippen LogP contribution in [-0.2, 0) is 34.8 Å². The van der Waals surface area contributed by atoms with Crippen LogP contribution in [0.15, 0.2) is 78.9 Å². The molecule has 3 aromatic carbocycles. The second kappa shape index (κ2) is 15.7. The number of alkyl carbamates (subject to hydrolysis) is 1. The predicted molar refractivity (Wildman–Crippen MR) is 163 cm³/mol. The minimum Gasteiger partial charge on any atom is -0.481 e. The van der Waals surface area contributed by atoms with Crippen LogP contribution in [0, 0.1) is 5.92 Å². The SMILES string of the molecule is CC(C)[C@@H](NC(=O)OCc1ccccc1)C(=O)N[C@@H](CC(=O)O)C(=O)COP(=O)(c1ccc(Cl)cc1)c1ccc(Cl)cc1. The molecule has 10 nitrogen and oxygen atoms in total. The van der Waals surface area contributed by atoms with Gasteiger partial charge in [0.05, 0.1) is 6.42 Å². The van der Waals surface area contributed by atoms with E-state index in [0.717, 1.165) is 5.56 Å². The summed E-state index contributed by atoms with van der Waals surface area (Å²) in [6.07, 6.45) is -1.64. The molecule has 0 saturated carbocycles. The van der Waals surface area contributed by atoms with Crippen LogP contribution in [0.3, 0.4) is 0 Å². The van der Waals surface area contributed by atoms with Gasteiger partial charge >= 0.3 is 12.1 Å². The fourth-order valence-corrected chi connectivity index (χ4v) is 6.18. The number of ketones is 1. The van der Waals surface area contributed by atoms with Gasteiger partial charge in [0.15, 0.2) is 5.78 Å². The van der Waals surface area contributed by atoms with Crippen molar-refractivity contribution in [2.45, 2.75) is 39.0 Å². The Morgan fingerprint density at radius 1 is 0.837 bits per heavy atom. The number of Topliss-reactive ketones (excluding diaryl/α,β-unsaturated/α-hetero) is 1. The molecule has 0 heterocycles. The number of carboxylic acid groups (broad SMARTS) is 1. The first-order valence-electron chi connectivity index (χ1n) is 13.2. The zero-order valence-electron chi connectivity index (χ0n) is 23.4. The molecule has 228 valence electrons. The van der Waals surface area contributed by atoms with Gasteiger partial charge in [-0.1, -0.05) is 67.4 Å². The Morgan fingerprint density at radius 3 is 1.86 bits per heavy atom. The summed E-state index contributed by atoms with van der Waals surface area (Å²) in [5.41, 5.74) is 0.741. The van der Waals surface area contributed by atoms with E-state index in [-0.39, 0.29) is 17.2 Å². The Balaban J connectivity index is 1.74. The van der Waals surface area contributed by atoms with E-state index in [1.807, 2.05) is 6.07 Å². The smallest absolute Gasteiger partial charge is 0.408 e. The maximum Gasteiger partial charge on any atom is 0.408 e. The number of ether oxygens (including phenoxy) is 1. The number of hydrogen-bond donors (Lipinski definition) is 3. The number of carboxylic acids is 1. The Bertz CT molecular complexity index is 1420. The number of amides is 2. The summed E-state index contributed by atoms with van der Waals surface area (Å²) in [5, 5.41) is 15.6. The molecule has 0 aliphatic heterocycles. The van der Waals surface area contributed by atoms with Crippen LogP contribution in [0.2, 0.25) is 10.0 Å². The normalized spacial score (nSPS) is 12.7. The standard InChI is InChI=1S/C30H31Cl2N2O8P/c1-19(2)28(34-30(39)41-17-20-6-4-3-5-7-20)29(38)33-25(16-27(36)37)26(35)18-42-43(40,23-12-8-21(31)9-13-23)24-14-10-22(32)11-15-24/h3-15,19,25,28H,16-18H2,1-2H3,(H,33,38)(H,34,39)(H,36,37)/t25-,28+/m0/s1. The van der Waals surface area contributed by atoms with E-state index in [9.17, 15) is 28.8 Å². The van der Waals surface area contributed by atoms with Crippen LogP contribution >= 0.6 is 30.6 Å². The molecule has 2 atom stereocenters. The molecule has 2 amide bonds. The number of aliphatic carboxylic acids is 1. The molecular weight excluding hydrogens is 618 g/mol. The summed E-state index contributed by atoms with van der Waals surface area (Å²) in [5.74, 6) is -3.46. The van der Waals surface area contributed by atoms with Crippen molar-refractivity contribution < 1.29 is 38.1 Å². The second-order valence-corrected chi connectivity index (χ2v) is 13.1. The lowest BCUT2D eigenvalue weighted by Crippen LogP contribution is -2.54. The Labute approximate surface area is 259 Å². The van der Waals surface area contributed by atoms with Crippen molar-refractivity contribution in [2.75, 3.05) is 6.61 Å². The van der Waals surface area contributed by atoms with Gasteiger partial charge in [0.25, 0.3) is 7.37 Å². The van der Waals surface area contributed by atoms with E-state index in [2.05, 4.69) is 10.6 Å². The molecule has 3 rings (SSSR count). The summed E-state index contributed by atoms with van der Waals surface area (Å²) in [4.78, 5) is 50.4. The predicted octanol–water partition coefficient (Wildman–Crippen LogP) is 4.72. The van der Waals surface area contributed by atoms with Crippen molar-refractivity contribution in [3.8, 4) is 0 Å². The minimum atomic E-state index is -3.88. The van der Waals surface area contributed by atoms with Gasteiger partial charge < -0.3 is 25.0 Å². The highest BCUT2D eigenvalue weighted by Crippen LogP contribution is 2.45. The van der Waals surface area contributed by atoms with Crippen LogP contribution in [0.4, 0.5) is 4.79 Å². The molecular formula is C30H31Cl2N2O8P. The molecule has 0 aliphatic rings. The number of benzene rings is 3. The lowest BCUT2D eigenvalue weighted by molar-refractivity contribution is -0.140. The fraction of sp³-hybridized carbons (Fsp3) is 0.267. The molecule has 43 heavy (non-hydrogen) atoms. The van der Waals surface area contributed by atoms with Crippen LogP contribution in [0.5, 0.6) is 0 Å². The zero-order chi connectivity index (χ0) is 31.6. The summed E-state index contributed by atoms with van der Waals surface area (Å²) in [6.45, 7) is 2.50. The molecule has 0 fully saturated rings. The van der Waals surface area contributed by atoms with E-state index >= 15 is 0 Å². The van der Waals surface area contributed by atoms with E-state index in [1.165, 1.54) is 48.5 Å². The molecule has 13 heteroatoms. The largest absolute Gasteiger partial charge is 0.481 e. The van der Waals surface area contributed by atoms with Gasteiger partial charge in [0.2, 0.25) is 5.91 Å². The Kier molecular flexibility index (Phi) is 12.3. The van der Waals surface area contributed by atoms with Gasteiger partial charge in [-0.05, 0) is 60.0 Å². The number of rotatable bonds is 14. The minimum absolute atomic E-state index is 0.0299. The molecule has 3 aromatic rings. The van der Waals surface area contributed by atoms with Crippen molar-refractivity contribution in [3.05, 3.63) is 94.5 Å². The summed E-state index contributed by atoms with van der Waals surface area (Å²) in [6, 6.07) is 18.3. The molecule has 0 bridgehead atoms. The number of halogens is 2. The Hall–Kier alpha value is -3.69. The first-order valence-corrected chi connectivity index (χ1v) is 15.6. The van der Waals surface area contributed by atoms with Crippen molar-refractivity contribution in [1.82, 2.24) is 10.6 Å². The third-order valence-corrected chi connectivity index (χ3v) is 9.19. The van der Waals surface area contributed by atoms with Gasteiger partial charge in [-0.2, -0.15) is 0 Å². The molecule has 0 unspecified atom stereocenters. The van der Waals surface area contributed by atoms with Crippen molar-refractivity contribution in [3.63, 3.8) is 0 Å². The fourth-order valence-electron chi connectivity index (χ4n) is 3.94. The van der Waals surface area contributed by atoms with Gasteiger partial charge in [-0.25, -0.2) is 4.79 Å². The molecule has 0 radical (unpaired) electrons. The van der Waals surface area contributed by atoms with E-state index in [1.54, 1.807) is 38.1 Å². The Morgan fingerprint density at radius 2 is 1.37 bits per heavy atom. The summed E-state index contributed by atoms with van der Waals surface area (Å²) < 4.78 is 25.1. The molecule has 3 N–H and O–H groups in total. The lowest BCUT2D eigenvalue weighted by atomic mass is 10.0. The topological polar surface area (TPSA) is 148 Å². The zero-order valence-corrected chi connectivity index (χ0v) is 25.8. The number of nitrogens with one attached hydrogen (secondary N) is 2. The number of hydrogen-bond acceptors (Lipinski definition) is 7. The molecule has 0 saturated heterocycles. The van der Waals surface area contributed by atoms with Crippen LogP contribution in [-0.4, -0.2) is 47.6 Å². The van der Waals surface area contributed by atoms with Gasteiger partial charge in [-0.3, -0.25) is 18.9 Å². The monoisotopic (exact) mass is 648 g/mol. The summed E-state index contributed by atoms with van der Waals surface area (Å²) in [7, 11) is -3.88. The second-order valence-electron chi connectivity index (χ2n) is 9.83. The van der Waals surface area contributed by atoms with Crippen molar-refractivity contribution in [1.29, 1.82) is 0 Å². The first-order chi connectivity index (χ1) is 20.4. The first kappa shape index (κ1) is 33.8. The van der Waals surface area contributed by atoms with Gasteiger partial charge in [0, 0.05) is 20.7 Å². The van der Waals surface area contributed by atoms with Crippen molar-refractivity contribution >= 4 is 64.9 Å². The van der Waals surface area contributed by atoms with E-state index in [4.69, 9.17) is 32.5 Å². The maximum atomic E-state index is 14.2. The van der Waals surface area contributed by atoms with Gasteiger partial charge in [-0.15, -0.1) is 0 Å². The highest BCUT2D eigenvalue weighted by Gasteiger charge is 2.34. The van der Waals surface area contributed by atoms with Crippen LogP contribution < -0.4 is 21.2 Å². The molecule has 0 aliphatic carbocycles. The molecule has 0 aromatic heterocycles. The van der Waals surface area contributed by atoms with Crippen LogP contribution in [0.1, 0.15) is 25.8 Å². The number of carbonyl (C=O) groups is 4. The highest BCUT2D eigenvalue weighted by atomic mass is 35.5. The lowest BCUT2D eigenvalue weighted by Gasteiger charge is -2.25. The average molecular weight is 649 g/mol. The maximum absolute atomic E-state index is 14.2. The van der Waals surface area contributed by atoms with E-state index in [0.29, 0.717) is 10.0 Å². The van der Waals surface area contributed by atoms with Crippen LogP contribution in [0.25, 0.3) is 0 Å². The van der Waals surface area contributed by atoms with E-state index < -0.39 is 62.2 Å². The average Bonchev–Trinajstić information content (AvgIpc) is 2.97. The van der Waals surface area contributed by atoms with Crippen molar-refractivity contribution in [2.24, 2.45) is 5.92 Å². The number of carbonyl (C=O) groups excluding carboxylic acids is 3.